The predicted octanol–water partition coefficient (Wildman–Crippen LogP) is 5.28. The third-order valence-corrected chi connectivity index (χ3v) is 5.98. The number of rotatable bonds is 5. The summed E-state index contributed by atoms with van der Waals surface area (Å²) in [7, 11) is 0. The summed E-state index contributed by atoms with van der Waals surface area (Å²) in [5.41, 5.74) is 1.61. The van der Waals surface area contributed by atoms with E-state index in [1.54, 1.807) is 0 Å². The van der Waals surface area contributed by atoms with Crippen LogP contribution in [0.5, 0.6) is 5.75 Å². The van der Waals surface area contributed by atoms with Crippen LogP contribution in [0.2, 0.25) is 0 Å². The summed E-state index contributed by atoms with van der Waals surface area (Å²) in [6.45, 7) is 3.57. The minimum atomic E-state index is -1.30. The van der Waals surface area contributed by atoms with E-state index < -0.39 is 29.1 Å². The van der Waals surface area contributed by atoms with Crippen molar-refractivity contribution in [3.63, 3.8) is 0 Å². The lowest BCUT2D eigenvalue weighted by molar-refractivity contribution is -0.132. The van der Waals surface area contributed by atoms with Crippen molar-refractivity contribution in [2.45, 2.75) is 26.9 Å². The molecule has 1 amide bonds. The molecule has 9 heteroatoms. The van der Waals surface area contributed by atoms with Crippen molar-refractivity contribution in [1.82, 2.24) is 4.98 Å². The van der Waals surface area contributed by atoms with Gasteiger partial charge in [0.2, 0.25) is 0 Å². The van der Waals surface area contributed by atoms with Gasteiger partial charge in [0.15, 0.2) is 5.13 Å². The number of benzene rings is 2. The quantitative estimate of drug-likeness (QED) is 0.510. The second-order valence-corrected chi connectivity index (χ2v) is 8.25. The molecule has 0 aliphatic carbocycles. The molecule has 2 heterocycles. The number of amides is 1. The lowest BCUT2D eigenvalue weighted by Crippen LogP contribution is -2.13. The number of anilines is 1. The van der Waals surface area contributed by atoms with E-state index in [0.717, 1.165) is 46.4 Å². The Bertz CT molecular complexity index is 1260. The molecular formula is C23H18F2N2O4S. The van der Waals surface area contributed by atoms with E-state index >= 15 is 0 Å². The van der Waals surface area contributed by atoms with E-state index in [1.165, 1.54) is 18.3 Å². The van der Waals surface area contributed by atoms with Crippen LogP contribution in [0.4, 0.5) is 13.9 Å². The number of thiazole rings is 1. The Hall–Kier alpha value is -3.59. The number of carboxylic acids is 1. The highest BCUT2D eigenvalue weighted by Gasteiger charge is 2.25. The molecule has 1 aromatic heterocycles. The number of fused-ring (bicyclic) bond motifs is 3. The molecule has 1 aliphatic rings. The highest BCUT2D eigenvalue weighted by molar-refractivity contribution is 7.16. The van der Waals surface area contributed by atoms with E-state index in [1.807, 2.05) is 25.1 Å². The topological polar surface area (TPSA) is 88.5 Å². The van der Waals surface area contributed by atoms with Gasteiger partial charge in [0.05, 0.1) is 10.6 Å². The largest absolute Gasteiger partial charge is 0.487 e. The van der Waals surface area contributed by atoms with Gasteiger partial charge in [0.1, 0.15) is 24.0 Å². The van der Waals surface area contributed by atoms with Crippen LogP contribution in [0.15, 0.2) is 35.9 Å². The Morgan fingerprint density at radius 2 is 2.00 bits per heavy atom. The highest BCUT2D eigenvalue weighted by Crippen LogP contribution is 2.42. The van der Waals surface area contributed by atoms with E-state index in [9.17, 15) is 18.4 Å². The first kappa shape index (κ1) is 21.6. The van der Waals surface area contributed by atoms with Crippen LogP contribution in [-0.2, 0) is 17.8 Å². The first-order chi connectivity index (χ1) is 15.3. The van der Waals surface area contributed by atoms with Crippen LogP contribution in [0.3, 0.4) is 0 Å². The molecule has 32 heavy (non-hydrogen) atoms. The Balaban J connectivity index is 1.60. The van der Waals surface area contributed by atoms with Gasteiger partial charge >= 0.3 is 5.97 Å². The molecule has 0 unspecified atom stereocenters. The van der Waals surface area contributed by atoms with Gasteiger partial charge in [-0.15, -0.1) is 0 Å². The molecule has 0 saturated heterocycles. The first-order valence-electron chi connectivity index (χ1n) is 9.75. The fourth-order valence-electron chi connectivity index (χ4n) is 3.37. The molecule has 2 aromatic carbocycles. The minimum Gasteiger partial charge on any atom is -0.487 e. The molecule has 3 aromatic rings. The van der Waals surface area contributed by atoms with Gasteiger partial charge < -0.3 is 9.84 Å². The number of nitrogens with zero attached hydrogens (tertiary/aromatic N) is 1. The summed E-state index contributed by atoms with van der Waals surface area (Å²) in [5, 5.41) is 11.8. The number of para-hydroxylation sites is 1. The summed E-state index contributed by atoms with van der Waals surface area (Å²) >= 11 is 1.23. The van der Waals surface area contributed by atoms with Crippen molar-refractivity contribution in [2.24, 2.45) is 0 Å². The predicted molar refractivity (Wildman–Crippen MR) is 117 cm³/mol. The van der Waals surface area contributed by atoms with Crippen LogP contribution in [0.25, 0.3) is 17.3 Å². The van der Waals surface area contributed by atoms with E-state index in [0.29, 0.717) is 12.3 Å². The zero-order valence-corrected chi connectivity index (χ0v) is 18.0. The Morgan fingerprint density at radius 3 is 2.66 bits per heavy atom. The smallest absolute Gasteiger partial charge is 0.331 e. The van der Waals surface area contributed by atoms with Gasteiger partial charge in [-0.3, -0.25) is 10.1 Å². The summed E-state index contributed by atoms with van der Waals surface area (Å²) in [4.78, 5) is 28.8. The Morgan fingerprint density at radius 1 is 1.28 bits per heavy atom. The lowest BCUT2D eigenvalue weighted by atomic mass is 10.0. The molecular weight excluding hydrogens is 438 g/mol. The van der Waals surface area contributed by atoms with Crippen molar-refractivity contribution in [3.8, 4) is 17.0 Å². The maximum atomic E-state index is 14.4. The van der Waals surface area contributed by atoms with Gasteiger partial charge in [-0.2, -0.15) is 0 Å². The summed E-state index contributed by atoms with van der Waals surface area (Å²) in [6.07, 6.45) is 1.69. The standard InChI is InChI=1S/C23H18F2N2O4S/c1-3-12-5-4-6-14-19-18(10-31-20(12)14)32-23(26-19)27-21(28)13-8-16(24)15(17(25)9-13)7-11(2)22(29)30/h4-9H,3,10H2,1-2H3,(H,29,30)(H,26,27,28)/b11-7+. The number of carboxylic acid groups (broad SMARTS) is 1. The fraction of sp³-hybridized carbons (Fsp3) is 0.174. The van der Waals surface area contributed by atoms with E-state index in [-0.39, 0.29) is 16.3 Å². The summed E-state index contributed by atoms with van der Waals surface area (Å²) in [6, 6.07) is 7.52. The Labute approximate surface area is 186 Å². The number of halogens is 2. The number of hydrogen-bond acceptors (Lipinski definition) is 5. The average molecular weight is 456 g/mol. The maximum Gasteiger partial charge on any atom is 0.331 e. The van der Waals surface area contributed by atoms with Crippen LogP contribution < -0.4 is 10.1 Å². The van der Waals surface area contributed by atoms with E-state index in [4.69, 9.17) is 9.84 Å². The van der Waals surface area contributed by atoms with Crippen molar-refractivity contribution in [2.75, 3.05) is 5.32 Å². The van der Waals surface area contributed by atoms with Crippen LogP contribution in [0, 0.1) is 11.6 Å². The second-order valence-electron chi connectivity index (χ2n) is 7.17. The number of carbonyl (C=O) groups is 2. The third-order valence-electron chi connectivity index (χ3n) is 5.04. The Kier molecular flexibility index (Phi) is 5.75. The molecule has 0 atom stereocenters. The second kappa shape index (κ2) is 8.51. The molecule has 6 nitrogen and oxygen atoms in total. The normalized spacial score (nSPS) is 12.6. The number of carbonyl (C=O) groups excluding carboxylic acids is 1. The highest BCUT2D eigenvalue weighted by atomic mass is 32.1. The number of aryl methyl sites for hydroxylation is 1. The molecule has 2 N–H and O–H groups in total. The maximum absolute atomic E-state index is 14.4. The van der Waals surface area contributed by atoms with Gasteiger partial charge in [0, 0.05) is 22.3 Å². The number of hydrogen-bond donors (Lipinski definition) is 2. The molecule has 4 rings (SSSR count). The fourth-order valence-corrected chi connectivity index (χ4v) is 4.26. The van der Waals surface area contributed by atoms with Gasteiger partial charge in [-0.25, -0.2) is 18.6 Å². The zero-order chi connectivity index (χ0) is 23.0. The van der Waals surface area contributed by atoms with Crippen LogP contribution in [-0.4, -0.2) is 22.0 Å². The number of aliphatic carboxylic acids is 1. The van der Waals surface area contributed by atoms with Crippen LogP contribution >= 0.6 is 11.3 Å². The molecule has 0 spiro atoms. The molecule has 0 radical (unpaired) electrons. The minimum absolute atomic E-state index is 0.234. The zero-order valence-electron chi connectivity index (χ0n) is 17.2. The van der Waals surface area contributed by atoms with Crippen molar-refractivity contribution >= 4 is 34.4 Å². The first-order valence-corrected chi connectivity index (χ1v) is 10.6. The van der Waals surface area contributed by atoms with Crippen molar-refractivity contribution in [3.05, 3.63) is 69.1 Å². The third kappa shape index (κ3) is 3.99. The SMILES string of the molecule is CCc1cccc2c1OCc1sc(NC(=O)c3cc(F)c(/C=C(\C)C(=O)O)c(F)c3)nc1-2. The number of ether oxygens (including phenoxy) is 1. The molecule has 0 saturated carbocycles. The number of nitrogens with one attached hydrogen (secondary N) is 1. The van der Waals surface area contributed by atoms with Gasteiger partial charge in [0.25, 0.3) is 5.91 Å². The molecule has 164 valence electrons. The van der Waals surface area contributed by atoms with E-state index in [2.05, 4.69) is 10.3 Å². The van der Waals surface area contributed by atoms with Gasteiger partial charge in [-0.05, 0) is 43.2 Å². The van der Waals surface area contributed by atoms with Gasteiger partial charge in [-0.1, -0.05) is 30.4 Å². The number of aromatic nitrogens is 1. The molecule has 0 bridgehead atoms. The molecule has 0 fully saturated rings. The monoisotopic (exact) mass is 456 g/mol. The molecule has 1 aliphatic heterocycles. The average Bonchev–Trinajstić information content (AvgIpc) is 3.18. The van der Waals surface area contributed by atoms with Crippen LogP contribution in [0.1, 0.15) is 40.2 Å². The summed E-state index contributed by atoms with van der Waals surface area (Å²) < 4.78 is 34.6. The van der Waals surface area contributed by atoms with Crippen molar-refractivity contribution in [1.29, 1.82) is 0 Å². The van der Waals surface area contributed by atoms with Crippen molar-refractivity contribution < 1.29 is 28.2 Å². The summed E-state index contributed by atoms with van der Waals surface area (Å²) in [5.74, 6) is -3.33. The lowest BCUT2D eigenvalue weighted by Gasteiger charge is -2.19.